The van der Waals surface area contributed by atoms with Gasteiger partial charge in [0.1, 0.15) is 22.3 Å². The lowest BCUT2D eigenvalue weighted by atomic mass is 9.88. The first-order chi connectivity index (χ1) is 29.7. The Balaban J connectivity index is 1.20. The highest BCUT2D eigenvalue weighted by Gasteiger charge is 2.23. The molecule has 0 saturated heterocycles. The smallest absolute Gasteiger partial charge is 0.161 e. The Morgan fingerprint density at radius 3 is 1.47 bits per heavy atom. The second-order valence-electron chi connectivity index (χ2n) is 15.2. The van der Waals surface area contributed by atoms with Crippen LogP contribution in [-0.2, 0) is 0 Å². The summed E-state index contributed by atoms with van der Waals surface area (Å²) in [5, 5.41) is 6.40. The van der Waals surface area contributed by atoms with E-state index < -0.39 is 0 Å². The van der Waals surface area contributed by atoms with Gasteiger partial charge in [-0.3, -0.25) is 0 Å². The maximum atomic E-state index is 6.66. The number of nitrogens with zero attached hydrogens (tertiary/aromatic N) is 2. The van der Waals surface area contributed by atoms with Crippen LogP contribution in [-0.4, -0.2) is 9.97 Å². The van der Waals surface area contributed by atoms with Gasteiger partial charge in [0.15, 0.2) is 5.82 Å². The first-order valence-corrected chi connectivity index (χ1v) is 20.2. The van der Waals surface area contributed by atoms with Crippen molar-refractivity contribution in [2.24, 2.45) is 0 Å². The quantitative estimate of drug-likeness (QED) is 0.169. The van der Waals surface area contributed by atoms with E-state index in [-0.39, 0.29) is 0 Å². The summed E-state index contributed by atoms with van der Waals surface area (Å²) in [6.45, 7) is 0. The molecule has 9 aromatic carbocycles. The maximum Gasteiger partial charge on any atom is 0.161 e. The standard InChI is InChI=1S/C56H34N2O2/c1-3-15-35(16-4-1)38-20-11-21-39(33-38)41-32-31-37-19-12-24-40(36-17-5-2-6-18-36)52(37)53(41)56-57-48(46-27-13-25-44-42-22-7-9-29-50(42)59-54(44)46)34-49(58-56)47-28-14-26-45-43-23-8-10-30-51(43)60-55(45)47/h1-34H. The van der Waals surface area contributed by atoms with Crippen LogP contribution < -0.4 is 0 Å². The van der Waals surface area contributed by atoms with Gasteiger partial charge in [-0.15, -0.1) is 0 Å². The molecule has 0 aliphatic rings. The summed E-state index contributed by atoms with van der Waals surface area (Å²) < 4.78 is 13.3. The number of furan rings is 2. The zero-order valence-electron chi connectivity index (χ0n) is 32.3. The van der Waals surface area contributed by atoms with E-state index in [1.807, 2.05) is 24.3 Å². The fourth-order valence-electron chi connectivity index (χ4n) is 8.94. The minimum absolute atomic E-state index is 0.609. The number of hydrogen-bond acceptors (Lipinski definition) is 4. The third-order valence-electron chi connectivity index (χ3n) is 11.7. The number of aromatic nitrogens is 2. The van der Waals surface area contributed by atoms with Gasteiger partial charge in [0.2, 0.25) is 0 Å². The van der Waals surface area contributed by atoms with Crippen LogP contribution in [0.4, 0.5) is 0 Å². The van der Waals surface area contributed by atoms with Crippen LogP contribution in [0, 0.1) is 0 Å². The molecule has 0 radical (unpaired) electrons. The molecule has 0 bridgehead atoms. The van der Waals surface area contributed by atoms with Crippen LogP contribution in [0.1, 0.15) is 0 Å². The summed E-state index contributed by atoms with van der Waals surface area (Å²) >= 11 is 0. The second kappa shape index (κ2) is 13.8. The van der Waals surface area contributed by atoms with Crippen LogP contribution in [0.2, 0.25) is 0 Å². The average Bonchev–Trinajstić information content (AvgIpc) is 3.90. The van der Waals surface area contributed by atoms with Crippen molar-refractivity contribution in [1.29, 1.82) is 0 Å². The molecule has 280 valence electrons. The largest absolute Gasteiger partial charge is 0.455 e. The molecule has 3 heterocycles. The van der Waals surface area contributed by atoms with Crippen molar-refractivity contribution in [3.8, 4) is 67.3 Å². The van der Waals surface area contributed by atoms with Crippen LogP contribution in [0.25, 0.3) is 122 Å². The molecule has 0 amide bonds. The minimum Gasteiger partial charge on any atom is -0.455 e. The number of para-hydroxylation sites is 4. The SMILES string of the molecule is c1ccc(-c2cccc(-c3ccc4cccc(-c5ccccc5)c4c3-c3nc(-c4cccc5c4oc4ccccc45)cc(-c4cccc5c4oc4ccccc45)n3)c2)cc1. The molecule has 4 heteroatoms. The number of benzene rings is 9. The summed E-state index contributed by atoms with van der Waals surface area (Å²) in [4.78, 5) is 11.2. The lowest BCUT2D eigenvalue weighted by Crippen LogP contribution is -2.00. The molecular weight excluding hydrogens is 733 g/mol. The van der Waals surface area contributed by atoms with E-state index in [2.05, 4.69) is 182 Å². The molecule has 12 rings (SSSR count). The van der Waals surface area contributed by atoms with Crippen LogP contribution in [0.3, 0.4) is 0 Å². The van der Waals surface area contributed by atoms with Crippen molar-refractivity contribution in [3.05, 3.63) is 206 Å². The van der Waals surface area contributed by atoms with Crippen molar-refractivity contribution in [2.45, 2.75) is 0 Å². The molecule has 12 aromatic rings. The highest BCUT2D eigenvalue weighted by atomic mass is 16.3. The topological polar surface area (TPSA) is 52.1 Å². The van der Waals surface area contributed by atoms with Gasteiger partial charge < -0.3 is 8.83 Å². The van der Waals surface area contributed by atoms with Crippen molar-refractivity contribution in [2.75, 3.05) is 0 Å². The van der Waals surface area contributed by atoms with Crippen molar-refractivity contribution < 1.29 is 8.83 Å². The van der Waals surface area contributed by atoms with Gasteiger partial charge >= 0.3 is 0 Å². The highest BCUT2D eigenvalue weighted by Crippen LogP contribution is 2.45. The molecule has 0 fully saturated rings. The normalized spacial score (nSPS) is 11.7. The lowest BCUT2D eigenvalue weighted by Gasteiger charge is -2.18. The van der Waals surface area contributed by atoms with Crippen molar-refractivity contribution >= 4 is 54.6 Å². The van der Waals surface area contributed by atoms with E-state index >= 15 is 0 Å². The van der Waals surface area contributed by atoms with Crippen molar-refractivity contribution in [1.82, 2.24) is 9.97 Å². The fraction of sp³-hybridized carbons (Fsp3) is 0. The Morgan fingerprint density at radius 1 is 0.317 bits per heavy atom. The van der Waals surface area contributed by atoms with Gasteiger partial charge in [0.25, 0.3) is 0 Å². The Hall–Kier alpha value is -8.08. The number of fused-ring (bicyclic) bond motifs is 7. The monoisotopic (exact) mass is 766 g/mol. The van der Waals surface area contributed by atoms with Gasteiger partial charge in [0, 0.05) is 43.6 Å². The summed E-state index contributed by atoms with van der Waals surface area (Å²) in [6.07, 6.45) is 0. The molecular formula is C56H34N2O2. The Kier molecular flexibility index (Phi) is 7.82. The van der Waals surface area contributed by atoms with Gasteiger partial charge in [-0.05, 0) is 75.2 Å². The average molecular weight is 767 g/mol. The predicted molar refractivity (Wildman–Crippen MR) is 247 cm³/mol. The summed E-state index contributed by atoms with van der Waals surface area (Å²) in [7, 11) is 0. The maximum absolute atomic E-state index is 6.66. The molecule has 3 aromatic heterocycles. The Morgan fingerprint density at radius 2 is 0.817 bits per heavy atom. The van der Waals surface area contributed by atoms with Gasteiger partial charge in [-0.1, -0.05) is 170 Å². The van der Waals surface area contributed by atoms with Gasteiger partial charge in [-0.2, -0.15) is 0 Å². The zero-order valence-corrected chi connectivity index (χ0v) is 32.3. The predicted octanol–water partition coefficient (Wildman–Crippen LogP) is 15.4. The molecule has 4 nitrogen and oxygen atoms in total. The highest BCUT2D eigenvalue weighted by molar-refractivity contribution is 6.13. The summed E-state index contributed by atoms with van der Waals surface area (Å²) in [6, 6.07) is 72.0. The molecule has 0 unspecified atom stereocenters. The van der Waals surface area contributed by atoms with E-state index in [9.17, 15) is 0 Å². The molecule has 0 N–H and O–H groups in total. The first-order valence-electron chi connectivity index (χ1n) is 20.2. The summed E-state index contributed by atoms with van der Waals surface area (Å²) in [5.41, 5.74) is 14.1. The van der Waals surface area contributed by atoms with Crippen LogP contribution >= 0.6 is 0 Å². The van der Waals surface area contributed by atoms with E-state index in [1.54, 1.807) is 0 Å². The minimum atomic E-state index is 0.609. The molecule has 0 aliphatic carbocycles. The first kappa shape index (κ1) is 34.0. The third kappa shape index (κ3) is 5.53. The van der Waals surface area contributed by atoms with Crippen LogP contribution in [0.5, 0.6) is 0 Å². The molecule has 0 aliphatic heterocycles. The van der Waals surface area contributed by atoms with Gasteiger partial charge in [0.05, 0.1) is 11.4 Å². The lowest BCUT2D eigenvalue weighted by molar-refractivity contribution is 0.669. The molecule has 0 spiro atoms. The molecule has 60 heavy (non-hydrogen) atoms. The van der Waals surface area contributed by atoms with E-state index in [4.69, 9.17) is 18.8 Å². The van der Waals surface area contributed by atoms with Crippen molar-refractivity contribution in [3.63, 3.8) is 0 Å². The Bertz CT molecular complexity index is 3470. The third-order valence-corrected chi connectivity index (χ3v) is 11.7. The van der Waals surface area contributed by atoms with Crippen LogP contribution in [0.15, 0.2) is 215 Å². The number of rotatable bonds is 6. The Labute approximate surface area is 345 Å². The van der Waals surface area contributed by atoms with E-state index in [0.717, 1.165) is 116 Å². The van der Waals surface area contributed by atoms with E-state index in [0.29, 0.717) is 5.82 Å². The van der Waals surface area contributed by atoms with E-state index in [1.165, 1.54) is 0 Å². The molecule has 0 saturated carbocycles. The molecule has 0 atom stereocenters. The fourth-order valence-corrected chi connectivity index (χ4v) is 8.94. The van der Waals surface area contributed by atoms with Gasteiger partial charge in [-0.25, -0.2) is 9.97 Å². The summed E-state index contributed by atoms with van der Waals surface area (Å²) in [5.74, 6) is 0.609. The zero-order chi connectivity index (χ0) is 39.6. The second-order valence-corrected chi connectivity index (χ2v) is 15.2. The number of hydrogen-bond donors (Lipinski definition) is 0.